The number of fused-ring (bicyclic) bond motifs is 1. The Labute approximate surface area is 206 Å². The summed E-state index contributed by atoms with van der Waals surface area (Å²) in [5.41, 5.74) is 2.28. The van der Waals surface area contributed by atoms with Crippen molar-refractivity contribution in [1.82, 2.24) is 9.97 Å². The van der Waals surface area contributed by atoms with Crippen molar-refractivity contribution in [2.24, 2.45) is 0 Å². The minimum absolute atomic E-state index is 0.0603. The van der Waals surface area contributed by atoms with Crippen molar-refractivity contribution in [3.05, 3.63) is 102 Å². The van der Waals surface area contributed by atoms with Crippen LogP contribution in [0.5, 0.6) is 0 Å². The van der Waals surface area contributed by atoms with Gasteiger partial charge in [-0.25, -0.2) is 4.79 Å². The molecule has 8 heteroatoms. The zero-order valence-corrected chi connectivity index (χ0v) is 19.5. The van der Waals surface area contributed by atoms with Gasteiger partial charge in [-0.3, -0.25) is 19.5 Å². The second-order valence-corrected chi connectivity index (χ2v) is 8.35. The van der Waals surface area contributed by atoms with Crippen LogP contribution in [0.3, 0.4) is 0 Å². The van der Waals surface area contributed by atoms with Gasteiger partial charge >= 0.3 is 5.97 Å². The summed E-state index contributed by atoms with van der Waals surface area (Å²) in [7, 11) is 0. The maximum atomic E-state index is 13.3. The molecule has 1 aliphatic rings. The summed E-state index contributed by atoms with van der Waals surface area (Å²) in [6, 6.07) is 17.8. The number of amides is 1. The average molecular weight is 482 g/mol. The number of para-hydroxylation sites is 1. The topological polar surface area (TPSA) is 113 Å². The Balaban J connectivity index is 1.62. The Kier molecular flexibility index (Phi) is 6.08. The molecule has 180 valence electrons. The molecular weight excluding hydrogens is 458 g/mol. The van der Waals surface area contributed by atoms with Crippen molar-refractivity contribution >= 4 is 40.0 Å². The molecule has 2 aromatic heterocycles. The van der Waals surface area contributed by atoms with Crippen LogP contribution in [-0.2, 0) is 14.3 Å². The number of H-pyrrole nitrogens is 1. The first-order valence-corrected chi connectivity index (χ1v) is 11.6. The van der Waals surface area contributed by atoms with Crippen molar-refractivity contribution in [3.63, 3.8) is 0 Å². The number of rotatable bonds is 6. The summed E-state index contributed by atoms with van der Waals surface area (Å²) < 4.78 is 5.17. The van der Waals surface area contributed by atoms with Gasteiger partial charge in [-0.1, -0.05) is 31.2 Å². The van der Waals surface area contributed by atoms with Gasteiger partial charge in [0, 0.05) is 34.5 Å². The minimum atomic E-state index is -0.960. The number of nitrogens with zero attached hydrogens (tertiary/aromatic N) is 2. The molecule has 0 aliphatic carbocycles. The third-order valence-corrected chi connectivity index (χ3v) is 6.08. The van der Waals surface area contributed by atoms with Crippen molar-refractivity contribution in [1.29, 1.82) is 0 Å². The van der Waals surface area contributed by atoms with E-state index < -0.39 is 23.7 Å². The third kappa shape index (κ3) is 3.92. The molecule has 36 heavy (non-hydrogen) atoms. The first-order chi connectivity index (χ1) is 17.5. The predicted octanol–water partition coefficient (Wildman–Crippen LogP) is 4.76. The van der Waals surface area contributed by atoms with E-state index in [0.29, 0.717) is 35.5 Å². The van der Waals surface area contributed by atoms with Gasteiger partial charge in [0.2, 0.25) is 0 Å². The highest BCUT2D eigenvalue weighted by Crippen LogP contribution is 2.42. The SMILES string of the molecule is CCCOC(=O)c1ccc(N2C(=O)C(=O)/C(=C(\O)c3c[nH]c4ccccc34)C2c2ccccn2)cc1. The molecule has 5 rings (SSSR count). The summed E-state index contributed by atoms with van der Waals surface area (Å²) in [4.78, 5) is 47.6. The number of ketones is 1. The van der Waals surface area contributed by atoms with Gasteiger partial charge in [0.05, 0.1) is 23.4 Å². The molecule has 1 atom stereocenters. The molecular formula is C28H23N3O5. The zero-order chi connectivity index (χ0) is 25.2. The Morgan fingerprint density at radius 1 is 1.06 bits per heavy atom. The van der Waals surface area contributed by atoms with E-state index in [2.05, 4.69) is 9.97 Å². The molecule has 4 aromatic rings. The predicted molar refractivity (Wildman–Crippen MR) is 134 cm³/mol. The van der Waals surface area contributed by atoms with Gasteiger partial charge in [-0.05, 0) is 48.9 Å². The quantitative estimate of drug-likeness (QED) is 0.178. The number of Topliss-reactive ketones (excluding diaryl/α,β-unsaturated/α-hetero) is 1. The third-order valence-electron chi connectivity index (χ3n) is 6.08. The van der Waals surface area contributed by atoms with E-state index in [9.17, 15) is 19.5 Å². The Morgan fingerprint density at radius 2 is 1.81 bits per heavy atom. The summed E-state index contributed by atoms with van der Waals surface area (Å²) in [5.74, 6) is -2.37. The lowest BCUT2D eigenvalue weighted by Gasteiger charge is -2.24. The molecule has 2 N–H and O–H groups in total. The average Bonchev–Trinajstić information content (AvgIpc) is 3.46. The fourth-order valence-electron chi connectivity index (χ4n) is 4.37. The number of aliphatic hydroxyl groups excluding tert-OH is 1. The molecule has 0 saturated carbocycles. The molecule has 0 spiro atoms. The maximum absolute atomic E-state index is 13.3. The number of carbonyl (C=O) groups excluding carboxylic acids is 3. The first kappa shape index (κ1) is 23.0. The fourth-order valence-corrected chi connectivity index (χ4v) is 4.37. The van der Waals surface area contributed by atoms with Crippen LogP contribution >= 0.6 is 0 Å². The highest BCUT2D eigenvalue weighted by atomic mass is 16.5. The molecule has 0 radical (unpaired) electrons. The second kappa shape index (κ2) is 9.50. The number of nitrogens with one attached hydrogen (secondary N) is 1. The van der Waals surface area contributed by atoms with E-state index in [0.717, 1.165) is 10.9 Å². The van der Waals surface area contributed by atoms with Crippen LogP contribution in [0.4, 0.5) is 5.69 Å². The molecule has 1 saturated heterocycles. The largest absolute Gasteiger partial charge is 0.507 e. The molecule has 0 bridgehead atoms. The first-order valence-electron chi connectivity index (χ1n) is 11.6. The number of hydrogen-bond acceptors (Lipinski definition) is 6. The summed E-state index contributed by atoms with van der Waals surface area (Å²) >= 11 is 0. The van der Waals surface area contributed by atoms with E-state index in [1.165, 1.54) is 4.90 Å². The number of hydrogen-bond donors (Lipinski definition) is 2. The molecule has 2 aromatic carbocycles. The summed E-state index contributed by atoms with van der Waals surface area (Å²) in [6.45, 7) is 2.21. The van der Waals surface area contributed by atoms with Crippen LogP contribution in [0, 0.1) is 0 Å². The number of esters is 1. The lowest BCUT2D eigenvalue weighted by molar-refractivity contribution is -0.132. The van der Waals surface area contributed by atoms with Gasteiger partial charge in [0.25, 0.3) is 11.7 Å². The highest BCUT2D eigenvalue weighted by Gasteiger charge is 2.47. The second-order valence-electron chi connectivity index (χ2n) is 8.35. The van der Waals surface area contributed by atoms with Gasteiger partial charge < -0.3 is 14.8 Å². The molecule has 3 heterocycles. The number of ether oxygens (including phenoxy) is 1. The van der Waals surface area contributed by atoms with E-state index in [-0.39, 0.29) is 11.3 Å². The molecule has 1 aliphatic heterocycles. The maximum Gasteiger partial charge on any atom is 0.338 e. The lowest BCUT2D eigenvalue weighted by atomic mass is 9.98. The van der Waals surface area contributed by atoms with Crippen LogP contribution in [-0.4, -0.2) is 39.3 Å². The van der Waals surface area contributed by atoms with Crippen molar-refractivity contribution < 1.29 is 24.2 Å². The van der Waals surface area contributed by atoms with Crippen LogP contribution in [0.25, 0.3) is 16.7 Å². The number of aromatic nitrogens is 2. The highest BCUT2D eigenvalue weighted by molar-refractivity contribution is 6.51. The number of aliphatic hydroxyl groups is 1. The molecule has 8 nitrogen and oxygen atoms in total. The number of pyridine rings is 1. The van der Waals surface area contributed by atoms with Gasteiger partial charge in [0.15, 0.2) is 0 Å². The van der Waals surface area contributed by atoms with Crippen LogP contribution in [0.1, 0.15) is 41.0 Å². The number of anilines is 1. The Bertz CT molecular complexity index is 1490. The number of aromatic amines is 1. The van der Waals surface area contributed by atoms with Crippen molar-refractivity contribution in [3.8, 4) is 0 Å². The number of benzene rings is 2. The number of carbonyl (C=O) groups is 3. The Morgan fingerprint density at radius 3 is 2.53 bits per heavy atom. The van der Waals surface area contributed by atoms with E-state index in [1.807, 2.05) is 31.2 Å². The summed E-state index contributed by atoms with van der Waals surface area (Å²) in [6.07, 6.45) is 3.88. The van der Waals surface area contributed by atoms with Gasteiger partial charge in [-0.15, -0.1) is 0 Å². The van der Waals surface area contributed by atoms with Gasteiger partial charge in [0.1, 0.15) is 11.8 Å². The van der Waals surface area contributed by atoms with E-state index >= 15 is 0 Å². The van der Waals surface area contributed by atoms with Crippen LogP contribution < -0.4 is 4.90 Å². The smallest absolute Gasteiger partial charge is 0.338 e. The molecule has 1 amide bonds. The fraction of sp³-hybridized carbons (Fsp3) is 0.143. The normalized spacial score (nSPS) is 17.0. The van der Waals surface area contributed by atoms with Gasteiger partial charge in [-0.2, -0.15) is 0 Å². The minimum Gasteiger partial charge on any atom is -0.507 e. The molecule has 1 fully saturated rings. The van der Waals surface area contributed by atoms with Crippen molar-refractivity contribution in [2.45, 2.75) is 19.4 Å². The van der Waals surface area contributed by atoms with E-state index in [4.69, 9.17) is 4.74 Å². The monoisotopic (exact) mass is 481 g/mol. The van der Waals surface area contributed by atoms with Crippen LogP contribution in [0.15, 0.2) is 84.7 Å². The zero-order valence-electron chi connectivity index (χ0n) is 19.5. The lowest BCUT2D eigenvalue weighted by Crippen LogP contribution is -2.29. The molecule has 1 unspecified atom stereocenters. The Hall–Kier alpha value is -4.72. The van der Waals surface area contributed by atoms with E-state index in [1.54, 1.807) is 54.9 Å². The standard InChI is InChI=1S/C28H23N3O5/c1-2-15-36-28(35)17-10-12-18(13-11-17)31-24(22-9-5-6-14-29-22)23(26(33)27(31)34)25(32)20-16-30-21-8-4-3-7-19(20)21/h3-14,16,24,30,32H,2,15H2,1H3/b25-23-. The van der Waals surface area contributed by atoms with Crippen molar-refractivity contribution in [2.75, 3.05) is 11.5 Å². The summed E-state index contributed by atoms with van der Waals surface area (Å²) in [5, 5.41) is 12.1. The van der Waals surface area contributed by atoms with Crippen LogP contribution in [0.2, 0.25) is 0 Å².